The first-order valence-electron chi connectivity index (χ1n) is 7.51. The van der Waals surface area contributed by atoms with Gasteiger partial charge in [-0.3, -0.25) is 0 Å². The van der Waals surface area contributed by atoms with Crippen molar-refractivity contribution in [3.05, 3.63) is 23.3 Å². The summed E-state index contributed by atoms with van der Waals surface area (Å²) in [4.78, 5) is 0. The van der Waals surface area contributed by atoms with Crippen molar-refractivity contribution in [3.63, 3.8) is 0 Å². The molecule has 1 aromatic carbocycles. The lowest BCUT2D eigenvalue weighted by molar-refractivity contribution is 0.168. The molecule has 1 fully saturated rings. The van der Waals surface area contributed by atoms with E-state index in [0.29, 0.717) is 30.4 Å². The Morgan fingerprint density at radius 2 is 2.20 bits per heavy atom. The molecule has 3 nitrogen and oxygen atoms in total. The summed E-state index contributed by atoms with van der Waals surface area (Å²) in [6, 6.07) is 3.73. The van der Waals surface area contributed by atoms with Crippen LogP contribution in [0.1, 0.15) is 37.1 Å². The van der Waals surface area contributed by atoms with E-state index in [1.165, 1.54) is 12.8 Å². The lowest BCUT2D eigenvalue weighted by Crippen LogP contribution is -2.31. The van der Waals surface area contributed by atoms with Crippen LogP contribution in [0.15, 0.2) is 12.1 Å². The first-order chi connectivity index (χ1) is 9.74. The second kappa shape index (κ2) is 6.00. The van der Waals surface area contributed by atoms with Crippen molar-refractivity contribution >= 4 is 0 Å². The third-order valence-corrected chi connectivity index (χ3v) is 4.11. The third kappa shape index (κ3) is 2.90. The molecular weight excluding hydrogens is 257 g/mol. The van der Waals surface area contributed by atoms with Gasteiger partial charge in [0.25, 0.3) is 0 Å². The van der Waals surface area contributed by atoms with Crippen molar-refractivity contribution in [2.75, 3.05) is 26.3 Å². The van der Waals surface area contributed by atoms with Gasteiger partial charge in [0.05, 0.1) is 0 Å². The topological polar surface area (TPSA) is 30.5 Å². The molecular formula is C16H22FNO2. The summed E-state index contributed by atoms with van der Waals surface area (Å²) in [6.45, 7) is 4.83. The Hall–Kier alpha value is -1.29. The molecule has 3 rings (SSSR count). The summed E-state index contributed by atoms with van der Waals surface area (Å²) in [7, 11) is 0. The maximum Gasteiger partial charge on any atom is 0.164 e. The van der Waals surface area contributed by atoms with Crippen LogP contribution >= 0.6 is 0 Å². The minimum atomic E-state index is -0.978. The highest BCUT2D eigenvalue weighted by Crippen LogP contribution is 2.39. The second-order valence-corrected chi connectivity index (χ2v) is 5.74. The Morgan fingerprint density at radius 3 is 2.95 bits per heavy atom. The van der Waals surface area contributed by atoms with Gasteiger partial charge in [0.15, 0.2) is 11.5 Å². The summed E-state index contributed by atoms with van der Waals surface area (Å²) < 4.78 is 25.1. The van der Waals surface area contributed by atoms with E-state index in [-0.39, 0.29) is 0 Å². The molecule has 2 aliphatic heterocycles. The fraction of sp³-hybridized carbons (Fsp3) is 0.625. The quantitative estimate of drug-likeness (QED) is 0.922. The van der Waals surface area contributed by atoms with Crippen LogP contribution in [-0.2, 0) is 6.42 Å². The Bertz CT molecular complexity index is 470. The molecule has 20 heavy (non-hydrogen) atoms. The zero-order valence-corrected chi connectivity index (χ0v) is 12.0. The molecule has 1 aromatic rings. The van der Waals surface area contributed by atoms with Crippen LogP contribution in [0.25, 0.3) is 0 Å². The largest absolute Gasteiger partial charge is 0.486 e. The summed E-state index contributed by atoms with van der Waals surface area (Å²) in [6.07, 6.45) is 2.38. The van der Waals surface area contributed by atoms with Crippen molar-refractivity contribution in [1.82, 2.24) is 5.32 Å². The van der Waals surface area contributed by atoms with Crippen molar-refractivity contribution in [1.29, 1.82) is 0 Å². The number of rotatable bonds is 3. The fourth-order valence-electron chi connectivity index (χ4n) is 3.04. The third-order valence-electron chi connectivity index (χ3n) is 4.11. The highest BCUT2D eigenvalue weighted by molar-refractivity contribution is 5.51. The normalized spacial score (nSPS) is 23.4. The zero-order valence-electron chi connectivity index (χ0n) is 12.0. The lowest BCUT2D eigenvalue weighted by Gasteiger charge is -2.26. The molecule has 0 radical (unpaired) electrons. The summed E-state index contributed by atoms with van der Waals surface area (Å²) in [5.41, 5.74) is 1.78. The standard InChI is InChI=1S/C16H22FNO2/c1-11(17)13-8-14(7-12-3-2-4-18-10-12)16-15(9-13)19-5-6-20-16/h8-9,11-12,18H,2-7,10H2,1H3. The molecule has 1 N–H and O–H groups in total. The molecule has 2 atom stereocenters. The predicted octanol–water partition coefficient (Wildman–Crippen LogP) is 3.03. The number of piperidine rings is 1. The molecule has 0 bridgehead atoms. The molecule has 0 saturated carbocycles. The van der Waals surface area contributed by atoms with Gasteiger partial charge in [-0.05, 0) is 68.5 Å². The van der Waals surface area contributed by atoms with Gasteiger partial charge in [-0.2, -0.15) is 0 Å². The number of hydrogen-bond donors (Lipinski definition) is 1. The van der Waals surface area contributed by atoms with Gasteiger partial charge >= 0.3 is 0 Å². The fourth-order valence-corrected chi connectivity index (χ4v) is 3.04. The van der Waals surface area contributed by atoms with Crippen LogP contribution in [0.5, 0.6) is 11.5 Å². The molecule has 0 aliphatic carbocycles. The monoisotopic (exact) mass is 279 g/mol. The average Bonchev–Trinajstić information content (AvgIpc) is 2.48. The average molecular weight is 279 g/mol. The van der Waals surface area contributed by atoms with Crippen LogP contribution in [0.3, 0.4) is 0 Å². The van der Waals surface area contributed by atoms with E-state index in [1.807, 2.05) is 6.07 Å². The maximum atomic E-state index is 13.7. The molecule has 2 heterocycles. The Kier molecular flexibility index (Phi) is 4.10. The number of nitrogens with one attached hydrogen (secondary N) is 1. The van der Waals surface area contributed by atoms with Crippen molar-refractivity contribution in [2.24, 2.45) is 5.92 Å². The zero-order chi connectivity index (χ0) is 13.9. The molecule has 0 aromatic heterocycles. The Labute approximate surface area is 119 Å². The van der Waals surface area contributed by atoms with Gasteiger partial charge < -0.3 is 14.8 Å². The molecule has 110 valence electrons. The van der Waals surface area contributed by atoms with Gasteiger partial charge in [0.1, 0.15) is 19.4 Å². The maximum absolute atomic E-state index is 13.7. The van der Waals surface area contributed by atoms with Gasteiger partial charge in [-0.25, -0.2) is 4.39 Å². The number of ether oxygens (including phenoxy) is 2. The van der Waals surface area contributed by atoms with E-state index in [0.717, 1.165) is 30.8 Å². The van der Waals surface area contributed by atoms with Crippen molar-refractivity contribution in [3.8, 4) is 11.5 Å². The molecule has 4 heteroatoms. The number of fused-ring (bicyclic) bond motifs is 1. The van der Waals surface area contributed by atoms with E-state index in [1.54, 1.807) is 13.0 Å². The van der Waals surface area contributed by atoms with E-state index < -0.39 is 6.17 Å². The molecule has 0 amide bonds. The molecule has 0 spiro atoms. The van der Waals surface area contributed by atoms with Gasteiger partial charge in [-0.15, -0.1) is 0 Å². The SMILES string of the molecule is CC(F)c1cc(CC2CCCNC2)c2c(c1)OCCO2. The van der Waals surface area contributed by atoms with Crippen LogP contribution < -0.4 is 14.8 Å². The van der Waals surface area contributed by atoms with Crippen LogP contribution in [0.4, 0.5) is 4.39 Å². The number of hydrogen-bond acceptors (Lipinski definition) is 3. The van der Waals surface area contributed by atoms with Crippen LogP contribution in [0, 0.1) is 5.92 Å². The summed E-state index contributed by atoms with van der Waals surface area (Å²) >= 11 is 0. The van der Waals surface area contributed by atoms with Crippen molar-refractivity contribution in [2.45, 2.75) is 32.4 Å². The highest BCUT2D eigenvalue weighted by atomic mass is 19.1. The highest BCUT2D eigenvalue weighted by Gasteiger charge is 2.22. The van der Waals surface area contributed by atoms with Crippen LogP contribution in [-0.4, -0.2) is 26.3 Å². The number of halogens is 1. The van der Waals surface area contributed by atoms with E-state index in [4.69, 9.17) is 9.47 Å². The van der Waals surface area contributed by atoms with Gasteiger partial charge in [0.2, 0.25) is 0 Å². The summed E-state index contributed by atoms with van der Waals surface area (Å²) in [5.74, 6) is 2.13. The molecule has 1 saturated heterocycles. The van der Waals surface area contributed by atoms with Crippen molar-refractivity contribution < 1.29 is 13.9 Å². The van der Waals surface area contributed by atoms with E-state index >= 15 is 0 Å². The smallest absolute Gasteiger partial charge is 0.164 e. The predicted molar refractivity (Wildman–Crippen MR) is 76.3 cm³/mol. The minimum absolute atomic E-state index is 0.543. The lowest BCUT2D eigenvalue weighted by atomic mass is 9.90. The van der Waals surface area contributed by atoms with E-state index in [2.05, 4.69) is 5.32 Å². The van der Waals surface area contributed by atoms with Crippen LogP contribution in [0.2, 0.25) is 0 Å². The van der Waals surface area contributed by atoms with Gasteiger partial charge in [-0.1, -0.05) is 0 Å². The summed E-state index contributed by atoms with van der Waals surface area (Å²) in [5, 5.41) is 3.43. The van der Waals surface area contributed by atoms with E-state index in [9.17, 15) is 4.39 Å². The minimum Gasteiger partial charge on any atom is -0.486 e. The Balaban J connectivity index is 1.88. The second-order valence-electron chi connectivity index (χ2n) is 5.74. The molecule has 2 unspecified atom stereocenters. The van der Waals surface area contributed by atoms with Gasteiger partial charge in [0, 0.05) is 0 Å². The Morgan fingerprint density at radius 1 is 1.35 bits per heavy atom. The molecule has 2 aliphatic rings. The first-order valence-corrected chi connectivity index (χ1v) is 7.51. The first kappa shape index (κ1) is 13.7. The number of benzene rings is 1. The number of alkyl halides is 1.